The molecule has 0 saturated heterocycles. The third-order valence-electron chi connectivity index (χ3n) is 2.33. The second-order valence-corrected chi connectivity index (χ2v) is 7.35. The summed E-state index contributed by atoms with van der Waals surface area (Å²) in [6.45, 7) is 2.97. The van der Waals surface area contributed by atoms with Gasteiger partial charge in [0, 0.05) is 12.7 Å². The standard InChI is InChI=1S/C9H13BrN2O4S/c1-6(2)17(15,16)4-3-12-8(13)7(10)5-11-9(12)14/h5-6H,3-4H2,1-2H3,(H,11,14). The number of rotatable bonds is 4. The number of hydrogen-bond acceptors (Lipinski definition) is 4. The molecule has 1 N–H and O–H groups in total. The first kappa shape index (κ1) is 14.2. The van der Waals surface area contributed by atoms with E-state index in [4.69, 9.17) is 0 Å². The van der Waals surface area contributed by atoms with Crippen molar-refractivity contribution in [2.75, 3.05) is 5.75 Å². The van der Waals surface area contributed by atoms with Crippen LogP contribution in [0.4, 0.5) is 0 Å². The summed E-state index contributed by atoms with van der Waals surface area (Å²) in [4.78, 5) is 25.3. The van der Waals surface area contributed by atoms with Crippen molar-refractivity contribution in [3.63, 3.8) is 0 Å². The predicted octanol–water partition coefficient (Wildman–Crippen LogP) is 0.122. The van der Waals surface area contributed by atoms with E-state index in [1.807, 2.05) is 0 Å². The molecule has 1 aromatic heterocycles. The number of aromatic amines is 1. The molecule has 17 heavy (non-hydrogen) atoms. The van der Waals surface area contributed by atoms with Crippen molar-refractivity contribution < 1.29 is 8.42 Å². The Hall–Kier alpha value is -0.890. The first-order valence-corrected chi connectivity index (χ1v) is 7.46. The van der Waals surface area contributed by atoms with Gasteiger partial charge < -0.3 is 4.98 Å². The monoisotopic (exact) mass is 324 g/mol. The SMILES string of the molecule is CC(C)S(=O)(=O)CCn1c(=O)[nH]cc(Br)c1=O. The lowest BCUT2D eigenvalue weighted by molar-refractivity contribution is 0.574. The van der Waals surface area contributed by atoms with Gasteiger partial charge >= 0.3 is 5.69 Å². The highest BCUT2D eigenvalue weighted by Crippen LogP contribution is 2.01. The average molecular weight is 325 g/mol. The molecule has 1 rings (SSSR count). The molecule has 0 spiro atoms. The van der Waals surface area contributed by atoms with Crippen LogP contribution in [0.25, 0.3) is 0 Å². The highest BCUT2D eigenvalue weighted by atomic mass is 79.9. The zero-order valence-corrected chi connectivity index (χ0v) is 11.8. The Labute approximate surface area is 107 Å². The van der Waals surface area contributed by atoms with Crippen LogP contribution in [-0.2, 0) is 16.4 Å². The molecule has 1 aromatic rings. The minimum atomic E-state index is -3.27. The summed E-state index contributed by atoms with van der Waals surface area (Å²) >= 11 is 2.98. The lowest BCUT2D eigenvalue weighted by Crippen LogP contribution is -2.37. The van der Waals surface area contributed by atoms with Crippen LogP contribution in [0.3, 0.4) is 0 Å². The molecule has 6 nitrogen and oxygen atoms in total. The van der Waals surface area contributed by atoms with E-state index in [2.05, 4.69) is 20.9 Å². The fourth-order valence-corrected chi connectivity index (χ4v) is 2.38. The van der Waals surface area contributed by atoms with Crippen LogP contribution < -0.4 is 11.2 Å². The molecule has 8 heteroatoms. The van der Waals surface area contributed by atoms with Crippen LogP contribution in [0, 0.1) is 0 Å². The van der Waals surface area contributed by atoms with Crippen molar-refractivity contribution in [1.82, 2.24) is 9.55 Å². The van der Waals surface area contributed by atoms with Gasteiger partial charge in [0.2, 0.25) is 0 Å². The minimum Gasteiger partial charge on any atom is -0.313 e. The minimum absolute atomic E-state index is 0.145. The summed E-state index contributed by atoms with van der Waals surface area (Å²) in [5.41, 5.74) is -1.15. The van der Waals surface area contributed by atoms with Crippen molar-refractivity contribution in [2.24, 2.45) is 0 Å². The molecule has 0 atom stereocenters. The van der Waals surface area contributed by atoms with Gasteiger partial charge in [-0.05, 0) is 29.8 Å². The van der Waals surface area contributed by atoms with Gasteiger partial charge in [-0.25, -0.2) is 13.2 Å². The van der Waals surface area contributed by atoms with Gasteiger partial charge in [0.1, 0.15) is 0 Å². The topological polar surface area (TPSA) is 89.0 Å². The predicted molar refractivity (Wildman–Crippen MR) is 67.9 cm³/mol. The molecular formula is C9H13BrN2O4S. The lowest BCUT2D eigenvalue weighted by Gasteiger charge is -2.08. The van der Waals surface area contributed by atoms with Crippen LogP contribution in [0.5, 0.6) is 0 Å². The smallest absolute Gasteiger partial charge is 0.313 e. The fourth-order valence-electron chi connectivity index (χ4n) is 1.14. The normalized spacial score (nSPS) is 12.0. The van der Waals surface area contributed by atoms with E-state index < -0.39 is 26.3 Å². The van der Waals surface area contributed by atoms with Crippen LogP contribution in [0.2, 0.25) is 0 Å². The Morgan fingerprint density at radius 3 is 2.53 bits per heavy atom. The molecule has 0 unspecified atom stereocenters. The summed E-state index contributed by atoms with van der Waals surface area (Å²) in [7, 11) is -3.27. The number of sulfone groups is 1. The molecule has 0 aliphatic carbocycles. The summed E-state index contributed by atoms with van der Waals surface area (Å²) in [5, 5.41) is -0.524. The summed E-state index contributed by atoms with van der Waals surface area (Å²) in [6, 6.07) is 0. The third kappa shape index (κ3) is 3.29. The van der Waals surface area contributed by atoms with Gasteiger partial charge in [-0.1, -0.05) is 0 Å². The quantitative estimate of drug-likeness (QED) is 0.852. The van der Waals surface area contributed by atoms with E-state index in [0.717, 1.165) is 4.57 Å². The summed E-state index contributed by atoms with van der Waals surface area (Å²) in [5.74, 6) is -0.232. The maximum atomic E-state index is 11.6. The van der Waals surface area contributed by atoms with E-state index in [-0.39, 0.29) is 16.8 Å². The van der Waals surface area contributed by atoms with E-state index in [0.29, 0.717) is 0 Å². The summed E-state index contributed by atoms with van der Waals surface area (Å²) in [6.07, 6.45) is 1.23. The van der Waals surface area contributed by atoms with Crippen molar-refractivity contribution in [3.05, 3.63) is 31.5 Å². The Morgan fingerprint density at radius 2 is 2.00 bits per heavy atom. The van der Waals surface area contributed by atoms with E-state index in [9.17, 15) is 18.0 Å². The zero-order chi connectivity index (χ0) is 13.2. The second-order valence-electron chi connectivity index (χ2n) is 3.81. The molecule has 0 saturated carbocycles. The Kier molecular flexibility index (Phi) is 4.31. The molecule has 0 aromatic carbocycles. The van der Waals surface area contributed by atoms with Gasteiger partial charge in [0.15, 0.2) is 9.84 Å². The van der Waals surface area contributed by atoms with Gasteiger partial charge in [-0.15, -0.1) is 0 Å². The molecule has 0 aliphatic heterocycles. The molecule has 1 heterocycles. The molecule has 0 amide bonds. The number of aromatic nitrogens is 2. The number of halogens is 1. The van der Waals surface area contributed by atoms with Gasteiger partial charge in [-0.3, -0.25) is 9.36 Å². The highest BCUT2D eigenvalue weighted by molar-refractivity contribution is 9.10. The average Bonchev–Trinajstić information content (AvgIpc) is 2.23. The first-order chi connectivity index (χ1) is 7.75. The van der Waals surface area contributed by atoms with E-state index in [1.54, 1.807) is 13.8 Å². The lowest BCUT2D eigenvalue weighted by atomic mass is 10.6. The van der Waals surface area contributed by atoms with Crippen molar-refractivity contribution in [3.8, 4) is 0 Å². The number of H-pyrrole nitrogens is 1. The third-order valence-corrected chi connectivity index (χ3v) is 5.09. The fraction of sp³-hybridized carbons (Fsp3) is 0.556. The number of hydrogen-bond donors (Lipinski definition) is 1. The van der Waals surface area contributed by atoms with Crippen LogP contribution in [0.1, 0.15) is 13.8 Å². The maximum Gasteiger partial charge on any atom is 0.328 e. The van der Waals surface area contributed by atoms with E-state index >= 15 is 0 Å². The van der Waals surface area contributed by atoms with E-state index in [1.165, 1.54) is 6.20 Å². The molecule has 0 aliphatic rings. The van der Waals surface area contributed by atoms with Crippen LogP contribution in [-0.4, -0.2) is 29.0 Å². The highest BCUT2D eigenvalue weighted by Gasteiger charge is 2.17. The van der Waals surface area contributed by atoms with Crippen LogP contribution in [0.15, 0.2) is 20.3 Å². The Balaban J connectivity index is 3.03. The van der Waals surface area contributed by atoms with Crippen LogP contribution >= 0.6 is 15.9 Å². The molecule has 0 bridgehead atoms. The zero-order valence-electron chi connectivity index (χ0n) is 9.44. The van der Waals surface area contributed by atoms with Gasteiger partial charge in [-0.2, -0.15) is 0 Å². The van der Waals surface area contributed by atoms with Gasteiger partial charge in [0.05, 0.1) is 15.5 Å². The summed E-state index contributed by atoms with van der Waals surface area (Å²) < 4.78 is 24.2. The molecule has 0 fully saturated rings. The Morgan fingerprint density at radius 1 is 1.41 bits per heavy atom. The molecule has 96 valence electrons. The van der Waals surface area contributed by atoms with Crippen molar-refractivity contribution in [2.45, 2.75) is 25.6 Å². The van der Waals surface area contributed by atoms with Crippen molar-refractivity contribution >= 4 is 25.8 Å². The van der Waals surface area contributed by atoms with Gasteiger partial charge in [0.25, 0.3) is 5.56 Å². The number of nitrogens with one attached hydrogen (secondary N) is 1. The van der Waals surface area contributed by atoms with Crippen molar-refractivity contribution in [1.29, 1.82) is 0 Å². The second kappa shape index (κ2) is 5.18. The Bertz CT molecular complexity index is 615. The maximum absolute atomic E-state index is 11.6. The largest absolute Gasteiger partial charge is 0.328 e. The first-order valence-electron chi connectivity index (χ1n) is 4.95. The number of nitrogens with zero attached hydrogens (tertiary/aromatic N) is 1. The molecule has 0 radical (unpaired) electrons. The molecular weight excluding hydrogens is 312 g/mol.